The summed E-state index contributed by atoms with van der Waals surface area (Å²) in [5.41, 5.74) is 3.10. The van der Waals surface area contributed by atoms with Crippen molar-refractivity contribution in [2.24, 2.45) is 5.84 Å². The first kappa shape index (κ1) is 14.0. The summed E-state index contributed by atoms with van der Waals surface area (Å²) >= 11 is 0. The van der Waals surface area contributed by atoms with Crippen LogP contribution in [0.1, 0.15) is 19.8 Å². The van der Waals surface area contributed by atoms with E-state index in [1.165, 1.54) is 0 Å². The normalized spacial score (nSPS) is 11.4. The van der Waals surface area contributed by atoms with Crippen LogP contribution in [0, 0.1) is 11.3 Å². The maximum atomic E-state index is 11.8. The van der Waals surface area contributed by atoms with Crippen molar-refractivity contribution in [1.82, 2.24) is 5.43 Å². The SMILES string of the molecule is CCC(C(=O)NN)N(CCC#N)c1ccccc1. The van der Waals surface area contributed by atoms with Crippen molar-refractivity contribution in [3.8, 4) is 6.07 Å². The van der Waals surface area contributed by atoms with Gasteiger partial charge in [0.25, 0.3) is 5.91 Å². The minimum Gasteiger partial charge on any atom is -0.358 e. The van der Waals surface area contributed by atoms with E-state index in [1.54, 1.807) is 0 Å². The zero-order valence-electron chi connectivity index (χ0n) is 10.5. The lowest BCUT2D eigenvalue weighted by atomic mass is 10.1. The van der Waals surface area contributed by atoms with Gasteiger partial charge in [-0.3, -0.25) is 10.2 Å². The second kappa shape index (κ2) is 7.30. The highest BCUT2D eigenvalue weighted by Crippen LogP contribution is 2.18. The quantitative estimate of drug-likeness (QED) is 0.448. The van der Waals surface area contributed by atoms with E-state index in [0.29, 0.717) is 19.4 Å². The molecule has 0 aliphatic rings. The zero-order valence-corrected chi connectivity index (χ0v) is 10.5. The van der Waals surface area contributed by atoms with E-state index in [1.807, 2.05) is 42.2 Å². The molecule has 1 unspecified atom stereocenters. The van der Waals surface area contributed by atoms with Gasteiger partial charge in [-0.25, -0.2) is 5.84 Å². The van der Waals surface area contributed by atoms with E-state index in [9.17, 15) is 4.79 Å². The molecule has 0 bridgehead atoms. The minimum absolute atomic E-state index is 0.237. The molecule has 0 fully saturated rings. The standard InChI is InChI=1S/C13H18N4O/c1-2-12(13(18)16-15)17(10-6-9-14)11-7-4-3-5-8-11/h3-5,7-8,12H,2,6,10,15H2,1H3,(H,16,18). The number of nitrogens with two attached hydrogens (primary N) is 1. The second-order valence-corrected chi connectivity index (χ2v) is 3.87. The molecule has 5 nitrogen and oxygen atoms in total. The lowest BCUT2D eigenvalue weighted by Crippen LogP contribution is -2.49. The molecule has 0 saturated heterocycles. The van der Waals surface area contributed by atoms with Crippen molar-refractivity contribution in [1.29, 1.82) is 5.26 Å². The number of para-hydroxylation sites is 1. The summed E-state index contributed by atoms with van der Waals surface area (Å²) in [6.45, 7) is 2.43. The molecule has 0 spiro atoms. The van der Waals surface area contributed by atoms with Crippen molar-refractivity contribution in [3.05, 3.63) is 30.3 Å². The lowest BCUT2D eigenvalue weighted by molar-refractivity contribution is -0.122. The number of carbonyl (C=O) groups is 1. The van der Waals surface area contributed by atoms with Crippen molar-refractivity contribution >= 4 is 11.6 Å². The zero-order chi connectivity index (χ0) is 13.4. The molecule has 18 heavy (non-hydrogen) atoms. The highest BCUT2D eigenvalue weighted by Gasteiger charge is 2.23. The Hall–Kier alpha value is -2.06. The van der Waals surface area contributed by atoms with Gasteiger partial charge >= 0.3 is 0 Å². The molecule has 3 N–H and O–H groups in total. The van der Waals surface area contributed by atoms with Crippen molar-refractivity contribution in [2.75, 3.05) is 11.4 Å². The van der Waals surface area contributed by atoms with E-state index >= 15 is 0 Å². The first-order valence-corrected chi connectivity index (χ1v) is 5.93. The minimum atomic E-state index is -0.356. The fraction of sp³-hybridized carbons (Fsp3) is 0.385. The Labute approximate surface area is 107 Å². The summed E-state index contributed by atoms with van der Waals surface area (Å²) in [4.78, 5) is 13.7. The van der Waals surface area contributed by atoms with Gasteiger partial charge in [0.2, 0.25) is 0 Å². The number of amides is 1. The third-order valence-corrected chi connectivity index (χ3v) is 2.76. The fourth-order valence-corrected chi connectivity index (χ4v) is 1.90. The molecule has 5 heteroatoms. The largest absolute Gasteiger partial charge is 0.358 e. The summed E-state index contributed by atoms with van der Waals surface area (Å²) in [5.74, 6) is 4.97. The second-order valence-electron chi connectivity index (χ2n) is 3.87. The molecule has 1 rings (SSSR count). The van der Waals surface area contributed by atoms with Crippen LogP contribution in [0.5, 0.6) is 0 Å². The molecule has 0 aliphatic carbocycles. The first-order chi connectivity index (χ1) is 8.74. The van der Waals surface area contributed by atoms with Crippen molar-refractivity contribution in [3.63, 3.8) is 0 Å². The summed E-state index contributed by atoms with van der Waals surface area (Å²) < 4.78 is 0. The molecule has 0 heterocycles. The Morgan fingerprint density at radius 2 is 2.17 bits per heavy atom. The van der Waals surface area contributed by atoms with Gasteiger partial charge in [0, 0.05) is 12.2 Å². The molecule has 0 aliphatic heterocycles. The Morgan fingerprint density at radius 3 is 2.67 bits per heavy atom. The van der Waals surface area contributed by atoms with Crippen molar-refractivity contribution in [2.45, 2.75) is 25.8 Å². The van der Waals surface area contributed by atoms with Crippen molar-refractivity contribution < 1.29 is 4.79 Å². The number of anilines is 1. The Kier molecular flexibility index (Phi) is 5.68. The Morgan fingerprint density at radius 1 is 1.50 bits per heavy atom. The van der Waals surface area contributed by atoms with Crippen LogP contribution in [-0.4, -0.2) is 18.5 Å². The maximum absolute atomic E-state index is 11.8. The number of nitriles is 1. The van der Waals surface area contributed by atoms with E-state index in [2.05, 4.69) is 11.5 Å². The van der Waals surface area contributed by atoms with Crippen LogP contribution in [0.15, 0.2) is 30.3 Å². The summed E-state index contributed by atoms with van der Waals surface area (Å²) in [7, 11) is 0. The number of hydrazine groups is 1. The number of hydrogen-bond donors (Lipinski definition) is 2. The summed E-state index contributed by atoms with van der Waals surface area (Å²) in [6, 6.07) is 11.3. The predicted octanol–water partition coefficient (Wildman–Crippen LogP) is 1.18. The number of hydrogen-bond acceptors (Lipinski definition) is 4. The van der Waals surface area contributed by atoms with Crippen LogP contribution in [0.3, 0.4) is 0 Å². The molecular weight excluding hydrogens is 228 g/mol. The average molecular weight is 246 g/mol. The number of rotatable bonds is 6. The average Bonchev–Trinajstić information content (AvgIpc) is 2.43. The first-order valence-electron chi connectivity index (χ1n) is 5.93. The van der Waals surface area contributed by atoms with E-state index in [4.69, 9.17) is 11.1 Å². The molecule has 1 amide bonds. The predicted molar refractivity (Wildman–Crippen MR) is 70.4 cm³/mol. The fourth-order valence-electron chi connectivity index (χ4n) is 1.90. The van der Waals surface area contributed by atoms with Gasteiger partial charge in [-0.05, 0) is 18.6 Å². The topological polar surface area (TPSA) is 82.2 Å². The molecule has 0 saturated carbocycles. The molecule has 1 aromatic rings. The molecule has 0 radical (unpaired) electrons. The van der Waals surface area contributed by atoms with Gasteiger partial charge in [0.15, 0.2) is 0 Å². The van der Waals surface area contributed by atoms with E-state index in [0.717, 1.165) is 5.69 Å². The van der Waals surface area contributed by atoms with Crippen LogP contribution >= 0.6 is 0 Å². The Bertz CT molecular complexity index is 413. The van der Waals surface area contributed by atoms with E-state index in [-0.39, 0.29) is 11.9 Å². The monoisotopic (exact) mass is 246 g/mol. The third kappa shape index (κ3) is 3.47. The number of nitrogens with one attached hydrogen (secondary N) is 1. The van der Waals surface area contributed by atoms with Gasteiger partial charge in [-0.1, -0.05) is 25.1 Å². The van der Waals surface area contributed by atoms with Crippen LogP contribution < -0.4 is 16.2 Å². The summed E-state index contributed by atoms with van der Waals surface area (Å²) in [5, 5.41) is 8.71. The number of benzene rings is 1. The Balaban J connectivity index is 2.97. The van der Waals surface area contributed by atoms with Crippen LogP contribution in [-0.2, 0) is 4.79 Å². The molecular formula is C13H18N4O. The van der Waals surface area contributed by atoms with Gasteiger partial charge in [-0.15, -0.1) is 0 Å². The van der Waals surface area contributed by atoms with Crippen LogP contribution in [0.25, 0.3) is 0 Å². The van der Waals surface area contributed by atoms with Gasteiger partial charge in [0.05, 0.1) is 12.5 Å². The maximum Gasteiger partial charge on any atom is 0.256 e. The molecule has 1 aromatic carbocycles. The van der Waals surface area contributed by atoms with Gasteiger partial charge < -0.3 is 4.90 Å². The number of nitrogens with zero attached hydrogens (tertiary/aromatic N) is 2. The van der Waals surface area contributed by atoms with Crippen LogP contribution in [0.2, 0.25) is 0 Å². The molecule has 96 valence electrons. The molecule has 1 atom stereocenters. The van der Waals surface area contributed by atoms with E-state index < -0.39 is 0 Å². The highest BCUT2D eigenvalue weighted by molar-refractivity contribution is 5.84. The molecule has 0 aromatic heterocycles. The third-order valence-electron chi connectivity index (χ3n) is 2.76. The van der Waals surface area contributed by atoms with Crippen LogP contribution in [0.4, 0.5) is 5.69 Å². The van der Waals surface area contributed by atoms with Gasteiger partial charge in [-0.2, -0.15) is 5.26 Å². The highest BCUT2D eigenvalue weighted by atomic mass is 16.2. The smallest absolute Gasteiger partial charge is 0.256 e. The summed E-state index contributed by atoms with van der Waals surface area (Å²) in [6.07, 6.45) is 0.993. The number of carbonyl (C=O) groups excluding carboxylic acids is 1. The lowest BCUT2D eigenvalue weighted by Gasteiger charge is -2.31. The van der Waals surface area contributed by atoms with Gasteiger partial charge in [0.1, 0.15) is 6.04 Å².